The van der Waals surface area contributed by atoms with Crippen LogP contribution < -0.4 is 5.73 Å². The lowest BCUT2D eigenvalue weighted by molar-refractivity contribution is 0.157. The molecule has 1 unspecified atom stereocenters. The van der Waals surface area contributed by atoms with E-state index in [1.807, 2.05) is 4.90 Å². The Morgan fingerprint density at radius 1 is 1.00 bits per heavy atom. The average molecular weight is 274 g/mol. The van der Waals surface area contributed by atoms with Crippen LogP contribution in [0.2, 0.25) is 0 Å². The van der Waals surface area contributed by atoms with Gasteiger partial charge in [-0.3, -0.25) is 4.90 Å². The van der Waals surface area contributed by atoms with E-state index in [2.05, 4.69) is 0 Å². The van der Waals surface area contributed by atoms with Gasteiger partial charge in [0.1, 0.15) is 11.6 Å². The molecule has 0 aliphatic carbocycles. The minimum absolute atomic E-state index is 0.0101. The summed E-state index contributed by atoms with van der Waals surface area (Å²) in [7, 11) is 0. The SMILES string of the molecule is NC(CCN(CCO)CCO)c1cc(F)cc(F)c1. The minimum atomic E-state index is -0.645. The molecule has 108 valence electrons. The molecule has 0 aliphatic rings. The number of hydrogen-bond donors (Lipinski definition) is 3. The molecular formula is C13H20F2N2O2. The molecule has 0 saturated heterocycles. The highest BCUT2D eigenvalue weighted by atomic mass is 19.1. The lowest BCUT2D eigenvalue weighted by Gasteiger charge is -2.22. The van der Waals surface area contributed by atoms with Crippen molar-refractivity contribution in [3.05, 3.63) is 35.4 Å². The Bertz CT molecular complexity index is 365. The van der Waals surface area contributed by atoms with Gasteiger partial charge in [0.2, 0.25) is 0 Å². The van der Waals surface area contributed by atoms with E-state index < -0.39 is 17.7 Å². The zero-order chi connectivity index (χ0) is 14.3. The summed E-state index contributed by atoms with van der Waals surface area (Å²) >= 11 is 0. The Kier molecular flexibility index (Phi) is 6.86. The Balaban J connectivity index is 2.55. The standard InChI is InChI=1S/C13H20F2N2O2/c14-11-7-10(8-12(15)9-11)13(16)1-2-17(3-5-18)4-6-19/h7-9,13,18-19H,1-6,16H2. The van der Waals surface area contributed by atoms with Gasteiger partial charge in [0.15, 0.2) is 0 Å². The molecule has 0 heterocycles. The Labute approximate surface area is 111 Å². The molecule has 0 radical (unpaired) electrons. The quantitative estimate of drug-likeness (QED) is 0.651. The smallest absolute Gasteiger partial charge is 0.126 e. The van der Waals surface area contributed by atoms with Crippen LogP contribution in [0.5, 0.6) is 0 Å². The van der Waals surface area contributed by atoms with Crippen molar-refractivity contribution in [3.63, 3.8) is 0 Å². The third kappa shape index (κ3) is 5.61. The molecule has 0 bridgehead atoms. The van der Waals surface area contributed by atoms with Crippen molar-refractivity contribution in [3.8, 4) is 0 Å². The molecule has 19 heavy (non-hydrogen) atoms. The van der Waals surface area contributed by atoms with Gasteiger partial charge in [0.05, 0.1) is 13.2 Å². The molecule has 1 aromatic rings. The second kappa shape index (κ2) is 8.16. The highest BCUT2D eigenvalue weighted by Gasteiger charge is 2.11. The number of halogens is 2. The normalized spacial score (nSPS) is 12.9. The van der Waals surface area contributed by atoms with E-state index in [0.717, 1.165) is 6.07 Å². The first kappa shape index (κ1) is 16.0. The molecule has 1 atom stereocenters. The van der Waals surface area contributed by atoms with Crippen molar-refractivity contribution in [2.24, 2.45) is 5.73 Å². The molecule has 0 saturated carbocycles. The molecule has 1 rings (SSSR count). The zero-order valence-corrected chi connectivity index (χ0v) is 10.7. The molecule has 0 spiro atoms. The number of nitrogens with two attached hydrogens (primary N) is 1. The summed E-state index contributed by atoms with van der Waals surface area (Å²) in [5.74, 6) is -1.29. The first-order chi connectivity index (χ1) is 9.06. The van der Waals surface area contributed by atoms with Crippen LogP contribution in [-0.2, 0) is 0 Å². The van der Waals surface area contributed by atoms with Gasteiger partial charge in [0.25, 0.3) is 0 Å². The number of hydrogen-bond acceptors (Lipinski definition) is 4. The fourth-order valence-electron chi connectivity index (χ4n) is 1.90. The first-order valence-electron chi connectivity index (χ1n) is 6.22. The van der Waals surface area contributed by atoms with Gasteiger partial charge in [-0.25, -0.2) is 8.78 Å². The summed E-state index contributed by atoms with van der Waals surface area (Å²) in [5, 5.41) is 17.7. The van der Waals surface area contributed by atoms with Gasteiger partial charge in [-0.15, -0.1) is 0 Å². The summed E-state index contributed by atoms with van der Waals surface area (Å²) < 4.78 is 26.1. The Hall–Kier alpha value is -1.08. The number of rotatable bonds is 8. The summed E-state index contributed by atoms with van der Waals surface area (Å²) in [4.78, 5) is 1.84. The molecule has 0 fully saturated rings. The van der Waals surface area contributed by atoms with Crippen molar-refractivity contribution in [2.75, 3.05) is 32.8 Å². The molecule has 4 N–H and O–H groups in total. The molecule has 6 heteroatoms. The highest BCUT2D eigenvalue weighted by molar-refractivity contribution is 5.21. The largest absolute Gasteiger partial charge is 0.395 e. The zero-order valence-electron chi connectivity index (χ0n) is 10.7. The van der Waals surface area contributed by atoms with Gasteiger partial charge in [-0.2, -0.15) is 0 Å². The molecular weight excluding hydrogens is 254 g/mol. The van der Waals surface area contributed by atoms with Crippen LogP contribution >= 0.6 is 0 Å². The molecule has 0 amide bonds. The second-order valence-corrected chi connectivity index (χ2v) is 4.39. The van der Waals surface area contributed by atoms with Crippen LogP contribution in [0.25, 0.3) is 0 Å². The van der Waals surface area contributed by atoms with Gasteiger partial charge in [-0.1, -0.05) is 0 Å². The number of aliphatic hydroxyl groups excluding tert-OH is 2. The fourth-order valence-corrected chi connectivity index (χ4v) is 1.90. The van der Waals surface area contributed by atoms with E-state index in [4.69, 9.17) is 15.9 Å². The van der Waals surface area contributed by atoms with E-state index in [0.29, 0.717) is 31.6 Å². The van der Waals surface area contributed by atoms with Crippen molar-refractivity contribution in [2.45, 2.75) is 12.5 Å². The summed E-state index contributed by atoms with van der Waals surface area (Å²) in [6, 6.07) is 2.76. The predicted octanol–water partition coefficient (Wildman–Crippen LogP) is 0.641. The van der Waals surface area contributed by atoms with Crippen molar-refractivity contribution < 1.29 is 19.0 Å². The third-order valence-electron chi connectivity index (χ3n) is 2.90. The number of benzene rings is 1. The van der Waals surface area contributed by atoms with Gasteiger partial charge in [0, 0.05) is 31.7 Å². The maximum atomic E-state index is 13.1. The van der Waals surface area contributed by atoms with Crippen LogP contribution in [0.4, 0.5) is 8.78 Å². The second-order valence-electron chi connectivity index (χ2n) is 4.39. The van der Waals surface area contributed by atoms with E-state index in [1.165, 1.54) is 12.1 Å². The van der Waals surface area contributed by atoms with Gasteiger partial charge < -0.3 is 15.9 Å². The van der Waals surface area contributed by atoms with Crippen LogP contribution in [0, 0.1) is 11.6 Å². The molecule has 1 aromatic carbocycles. The monoisotopic (exact) mass is 274 g/mol. The van der Waals surface area contributed by atoms with Crippen LogP contribution in [0.15, 0.2) is 18.2 Å². The van der Waals surface area contributed by atoms with Crippen molar-refractivity contribution in [1.29, 1.82) is 0 Å². The first-order valence-corrected chi connectivity index (χ1v) is 6.22. The Morgan fingerprint density at radius 3 is 2.00 bits per heavy atom. The third-order valence-corrected chi connectivity index (χ3v) is 2.90. The lowest BCUT2D eigenvalue weighted by Crippen LogP contribution is -2.32. The maximum Gasteiger partial charge on any atom is 0.126 e. The highest BCUT2D eigenvalue weighted by Crippen LogP contribution is 2.17. The van der Waals surface area contributed by atoms with Gasteiger partial charge in [-0.05, 0) is 24.1 Å². The molecule has 4 nitrogen and oxygen atoms in total. The minimum Gasteiger partial charge on any atom is -0.395 e. The fraction of sp³-hybridized carbons (Fsp3) is 0.538. The van der Waals surface area contributed by atoms with Crippen molar-refractivity contribution in [1.82, 2.24) is 4.90 Å². The Morgan fingerprint density at radius 2 is 1.53 bits per heavy atom. The molecule has 0 aromatic heterocycles. The van der Waals surface area contributed by atoms with Gasteiger partial charge >= 0.3 is 0 Å². The van der Waals surface area contributed by atoms with Crippen LogP contribution in [-0.4, -0.2) is 48.0 Å². The summed E-state index contributed by atoms with van der Waals surface area (Å²) in [6.07, 6.45) is 0.489. The number of aliphatic hydroxyl groups is 2. The lowest BCUT2D eigenvalue weighted by atomic mass is 10.0. The average Bonchev–Trinajstić information content (AvgIpc) is 2.35. The van der Waals surface area contributed by atoms with E-state index >= 15 is 0 Å². The number of nitrogens with zero attached hydrogens (tertiary/aromatic N) is 1. The van der Waals surface area contributed by atoms with E-state index in [-0.39, 0.29) is 13.2 Å². The predicted molar refractivity (Wildman–Crippen MR) is 68.5 cm³/mol. The topological polar surface area (TPSA) is 69.7 Å². The summed E-state index contributed by atoms with van der Waals surface area (Å²) in [5.41, 5.74) is 6.30. The molecule has 0 aliphatic heterocycles. The van der Waals surface area contributed by atoms with Crippen LogP contribution in [0.1, 0.15) is 18.0 Å². The van der Waals surface area contributed by atoms with Crippen LogP contribution in [0.3, 0.4) is 0 Å². The summed E-state index contributed by atoms with van der Waals surface area (Å²) in [6.45, 7) is 1.39. The maximum absolute atomic E-state index is 13.1. The van der Waals surface area contributed by atoms with Crippen molar-refractivity contribution >= 4 is 0 Å². The van der Waals surface area contributed by atoms with E-state index in [9.17, 15) is 8.78 Å². The van der Waals surface area contributed by atoms with E-state index in [1.54, 1.807) is 0 Å².